The summed E-state index contributed by atoms with van der Waals surface area (Å²) >= 11 is 0. The third kappa shape index (κ3) is 39.8. The highest BCUT2D eigenvalue weighted by molar-refractivity contribution is 7.47. The second-order valence-corrected chi connectivity index (χ2v) is 16.4. The van der Waals surface area contributed by atoms with Crippen LogP contribution in [0.2, 0.25) is 0 Å². The summed E-state index contributed by atoms with van der Waals surface area (Å²) in [5.41, 5.74) is 0. The first-order valence-electron chi connectivity index (χ1n) is 20.7. The molecule has 0 aromatic rings. The van der Waals surface area contributed by atoms with Gasteiger partial charge < -0.3 is 18.9 Å². The van der Waals surface area contributed by atoms with Crippen LogP contribution in [0.3, 0.4) is 0 Å². The summed E-state index contributed by atoms with van der Waals surface area (Å²) in [5.74, 6) is -0.330. The van der Waals surface area contributed by atoms with E-state index in [0.717, 1.165) is 70.6 Å². The minimum absolute atomic E-state index is 0.0855. The second-order valence-electron chi connectivity index (χ2n) is 15.0. The van der Waals surface area contributed by atoms with Crippen molar-refractivity contribution in [1.82, 2.24) is 0 Å². The standard InChI is InChI=1S/C42H80NO7P/c1-6-8-10-12-14-16-18-20-22-23-25-27-29-31-33-35-42(44)50-41(40-49-51(45,46)48-38-36-43(3,4)5)39-47-37-34-32-30-28-26-24-21-19-17-15-13-11-9-7-2/h8,10,14,16,20,22,41H,6-7,9,11-13,15,17-19,21,23-40H2,1-5H3/p+1/b10-8-,16-14-,22-20-/t41-/m1/s1. The number of phosphoric acid groups is 1. The van der Waals surface area contributed by atoms with E-state index in [9.17, 15) is 14.3 Å². The van der Waals surface area contributed by atoms with Crippen LogP contribution >= 0.6 is 7.82 Å². The number of phosphoric ester groups is 1. The molecular weight excluding hydrogens is 661 g/mol. The average Bonchev–Trinajstić information content (AvgIpc) is 3.08. The minimum atomic E-state index is -4.27. The van der Waals surface area contributed by atoms with E-state index in [4.69, 9.17) is 18.5 Å². The van der Waals surface area contributed by atoms with Crippen LogP contribution in [0.25, 0.3) is 0 Å². The van der Waals surface area contributed by atoms with E-state index < -0.39 is 13.9 Å². The fourth-order valence-electron chi connectivity index (χ4n) is 5.51. The summed E-state index contributed by atoms with van der Waals surface area (Å²) < 4.78 is 34.9. The Balaban J connectivity index is 4.29. The molecule has 0 saturated carbocycles. The summed E-state index contributed by atoms with van der Waals surface area (Å²) in [6.07, 6.45) is 40.2. The number of likely N-dealkylation sites (N-methyl/N-ethyl adjacent to an activating group) is 1. The van der Waals surface area contributed by atoms with E-state index in [1.54, 1.807) is 0 Å². The van der Waals surface area contributed by atoms with Crippen molar-refractivity contribution in [3.63, 3.8) is 0 Å². The Morgan fingerprint density at radius 1 is 0.627 bits per heavy atom. The first kappa shape index (κ1) is 49.7. The number of unbranched alkanes of at least 4 members (excludes halogenated alkanes) is 18. The normalized spacial score (nSPS) is 14.2. The highest BCUT2D eigenvalue weighted by Crippen LogP contribution is 2.43. The van der Waals surface area contributed by atoms with Crippen LogP contribution in [0.5, 0.6) is 0 Å². The largest absolute Gasteiger partial charge is 0.472 e. The Hall–Kier alpha value is -1.28. The number of allylic oxidation sites excluding steroid dienone is 6. The third-order valence-electron chi connectivity index (χ3n) is 8.72. The third-order valence-corrected chi connectivity index (χ3v) is 9.70. The molecule has 9 heteroatoms. The van der Waals surface area contributed by atoms with Crippen molar-refractivity contribution >= 4 is 13.8 Å². The number of esters is 1. The van der Waals surface area contributed by atoms with E-state index in [0.29, 0.717) is 24.1 Å². The Kier molecular flexibility index (Phi) is 34.8. The van der Waals surface area contributed by atoms with Gasteiger partial charge in [-0.25, -0.2) is 4.57 Å². The molecule has 8 nitrogen and oxygen atoms in total. The van der Waals surface area contributed by atoms with E-state index in [-0.39, 0.29) is 25.8 Å². The highest BCUT2D eigenvalue weighted by atomic mass is 31.2. The molecule has 0 fully saturated rings. The number of hydrogen-bond donors (Lipinski definition) is 1. The van der Waals surface area contributed by atoms with Gasteiger partial charge in [-0.2, -0.15) is 0 Å². The van der Waals surface area contributed by atoms with Gasteiger partial charge in [-0.3, -0.25) is 13.8 Å². The van der Waals surface area contributed by atoms with Crippen molar-refractivity contribution in [3.05, 3.63) is 36.5 Å². The van der Waals surface area contributed by atoms with E-state index in [1.165, 1.54) is 77.0 Å². The summed E-state index contributed by atoms with van der Waals surface area (Å²) in [4.78, 5) is 22.8. The lowest BCUT2D eigenvalue weighted by Gasteiger charge is -2.24. The molecule has 0 rings (SSSR count). The molecule has 0 aliphatic carbocycles. The lowest BCUT2D eigenvalue weighted by Crippen LogP contribution is -2.37. The molecule has 1 N–H and O–H groups in total. The molecule has 0 bridgehead atoms. The summed E-state index contributed by atoms with van der Waals surface area (Å²) in [6, 6.07) is 0. The molecule has 2 atom stereocenters. The molecule has 0 radical (unpaired) electrons. The smallest absolute Gasteiger partial charge is 0.457 e. The number of rotatable bonds is 38. The van der Waals surface area contributed by atoms with Crippen molar-refractivity contribution in [3.8, 4) is 0 Å². The van der Waals surface area contributed by atoms with E-state index in [2.05, 4.69) is 50.3 Å². The zero-order valence-electron chi connectivity index (χ0n) is 33.8. The van der Waals surface area contributed by atoms with E-state index in [1.807, 2.05) is 21.1 Å². The second kappa shape index (κ2) is 35.7. The van der Waals surface area contributed by atoms with Crippen molar-refractivity contribution in [2.75, 3.05) is 54.1 Å². The topological polar surface area (TPSA) is 91.3 Å². The van der Waals surface area contributed by atoms with Crippen molar-refractivity contribution in [2.24, 2.45) is 0 Å². The lowest BCUT2D eigenvalue weighted by atomic mass is 10.0. The molecule has 0 saturated heterocycles. The van der Waals surface area contributed by atoms with Crippen LogP contribution in [0.4, 0.5) is 0 Å². The number of carbonyl (C=O) groups is 1. The fraction of sp³-hybridized carbons (Fsp3) is 0.833. The zero-order chi connectivity index (χ0) is 37.7. The zero-order valence-corrected chi connectivity index (χ0v) is 34.7. The maximum atomic E-state index is 12.6. The SMILES string of the molecule is CC/C=C\C/C=C\C/C=C\CCCCCCCC(=O)O[C@H](COCCCCCCCCCCCCCCCC)COP(=O)(O)OCC[N+](C)(C)C. The number of carbonyl (C=O) groups excluding carboxylic acids is 1. The Bertz CT molecular complexity index is 915. The minimum Gasteiger partial charge on any atom is -0.457 e. The monoisotopic (exact) mass is 743 g/mol. The van der Waals surface area contributed by atoms with Gasteiger partial charge in [0.05, 0.1) is 34.4 Å². The van der Waals surface area contributed by atoms with Gasteiger partial charge in [0.1, 0.15) is 19.3 Å². The summed E-state index contributed by atoms with van der Waals surface area (Å²) in [5, 5.41) is 0. The van der Waals surface area contributed by atoms with Gasteiger partial charge >= 0.3 is 13.8 Å². The predicted octanol–water partition coefficient (Wildman–Crippen LogP) is 11.8. The molecule has 0 aliphatic rings. The van der Waals surface area contributed by atoms with Crippen molar-refractivity contribution < 1.29 is 37.3 Å². The maximum Gasteiger partial charge on any atom is 0.472 e. The molecule has 0 aliphatic heterocycles. The Morgan fingerprint density at radius 3 is 1.71 bits per heavy atom. The van der Waals surface area contributed by atoms with Gasteiger partial charge in [0, 0.05) is 13.0 Å². The van der Waals surface area contributed by atoms with Gasteiger partial charge in [0.15, 0.2) is 0 Å². The molecule has 300 valence electrons. The van der Waals surface area contributed by atoms with Crippen LogP contribution in [0.15, 0.2) is 36.5 Å². The quantitative estimate of drug-likeness (QED) is 0.0221. The number of quaternary nitrogens is 1. The molecule has 0 heterocycles. The fourth-order valence-corrected chi connectivity index (χ4v) is 6.25. The van der Waals surface area contributed by atoms with Gasteiger partial charge in [-0.15, -0.1) is 0 Å². The number of hydrogen-bond acceptors (Lipinski definition) is 6. The Labute approximate surface area is 315 Å². The summed E-state index contributed by atoms with van der Waals surface area (Å²) in [6.45, 7) is 5.50. The first-order chi connectivity index (χ1) is 24.6. The van der Waals surface area contributed by atoms with E-state index >= 15 is 0 Å². The van der Waals surface area contributed by atoms with Crippen molar-refractivity contribution in [2.45, 2.75) is 174 Å². The van der Waals surface area contributed by atoms with Crippen LogP contribution in [-0.2, 0) is 27.9 Å². The molecule has 51 heavy (non-hydrogen) atoms. The molecular formula is C42H81NO7P+. The molecule has 0 amide bonds. The van der Waals surface area contributed by atoms with Gasteiger partial charge in [0.2, 0.25) is 0 Å². The van der Waals surface area contributed by atoms with Crippen LogP contribution in [-0.4, -0.2) is 75.6 Å². The predicted molar refractivity (Wildman–Crippen MR) is 215 cm³/mol. The molecule has 0 aromatic heterocycles. The number of nitrogens with zero attached hydrogens (tertiary/aromatic N) is 1. The first-order valence-corrected chi connectivity index (χ1v) is 22.2. The average molecular weight is 743 g/mol. The van der Waals surface area contributed by atoms with Crippen LogP contribution in [0, 0.1) is 0 Å². The van der Waals surface area contributed by atoms with Gasteiger partial charge in [-0.1, -0.05) is 153 Å². The van der Waals surface area contributed by atoms with Gasteiger partial charge in [-0.05, 0) is 44.9 Å². The Morgan fingerprint density at radius 2 is 1.14 bits per heavy atom. The molecule has 0 aromatic carbocycles. The lowest BCUT2D eigenvalue weighted by molar-refractivity contribution is -0.870. The highest BCUT2D eigenvalue weighted by Gasteiger charge is 2.26. The van der Waals surface area contributed by atoms with Gasteiger partial charge in [0.25, 0.3) is 0 Å². The van der Waals surface area contributed by atoms with Crippen molar-refractivity contribution in [1.29, 1.82) is 0 Å². The van der Waals surface area contributed by atoms with Crippen LogP contribution in [0.1, 0.15) is 168 Å². The van der Waals surface area contributed by atoms with Crippen LogP contribution < -0.4 is 0 Å². The molecule has 0 spiro atoms. The number of ether oxygens (including phenoxy) is 2. The maximum absolute atomic E-state index is 12.6. The molecule has 1 unspecified atom stereocenters. The summed E-state index contributed by atoms with van der Waals surface area (Å²) in [7, 11) is 1.66.